The molecule has 2 heterocycles. The normalized spacial score (nSPS) is 11.7. The van der Waals surface area contributed by atoms with Crippen LogP contribution in [0.5, 0.6) is 0 Å². The van der Waals surface area contributed by atoms with E-state index >= 15 is 0 Å². The van der Waals surface area contributed by atoms with Gasteiger partial charge in [-0.25, -0.2) is 0 Å². The van der Waals surface area contributed by atoms with Crippen molar-refractivity contribution < 1.29 is 0 Å². The minimum Gasteiger partial charge on any atom is -0.311 e. The Bertz CT molecular complexity index is 3350. The molecule has 10 aromatic carbocycles. The Hall–Kier alpha value is -8.66. The molecule has 1 aliphatic rings. The Morgan fingerprint density at radius 3 is 1.20 bits per heavy atom. The van der Waals surface area contributed by atoms with Gasteiger partial charge in [-0.2, -0.15) is 0 Å². The lowest BCUT2D eigenvalue weighted by Crippen LogP contribution is -2.11. The minimum absolute atomic E-state index is 1.09. The molecule has 3 nitrogen and oxygen atoms in total. The number of para-hydroxylation sites is 4. The summed E-state index contributed by atoms with van der Waals surface area (Å²) >= 11 is 0. The van der Waals surface area contributed by atoms with Gasteiger partial charge in [0.25, 0.3) is 0 Å². The van der Waals surface area contributed by atoms with Crippen LogP contribution in [0.2, 0.25) is 0 Å². The molecule has 0 radical (unpaired) electrons. The van der Waals surface area contributed by atoms with E-state index in [1.165, 1.54) is 55.5 Å². The molecule has 0 saturated carbocycles. The van der Waals surface area contributed by atoms with Crippen molar-refractivity contribution in [3.05, 3.63) is 261 Å². The van der Waals surface area contributed by atoms with Gasteiger partial charge in [-0.15, -0.1) is 0 Å². The Morgan fingerprint density at radius 1 is 0.292 bits per heavy atom. The van der Waals surface area contributed by atoms with E-state index in [1.807, 2.05) is 0 Å². The van der Waals surface area contributed by atoms with Gasteiger partial charge < -0.3 is 14.4 Å². The average Bonchev–Trinajstić information content (AvgIpc) is 3.66. The number of aromatic nitrogens is 1. The van der Waals surface area contributed by atoms with Crippen LogP contribution in [0.1, 0.15) is 0 Å². The quantitative estimate of drug-likeness (QED) is 0.151. The van der Waals surface area contributed by atoms with Crippen LogP contribution in [0.25, 0.3) is 72.4 Å². The lowest BCUT2D eigenvalue weighted by molar-refractivity contribution is 1.13. The van der Waals surface area contributed by atoms with E-state index in [2.05, 4.69) is 275 Å². The summed E-state index contributed by atoms with van der Waals surface area (Å²) < 4.78 is 2.46. The van der Waals surface area contributed by atoms with E-state index in [1.54, 1.807) is 0 Å². The molecule has 306 valence electrons. The molecule has 0 spiro atoms. The highest BCUT2D eigenvalue weighted by Crippen LogP contribution is 2.54. The zero-order chi connectivity index (χ0) is 43.1. The van der Waals surface area contributed by atoms with Crippen molar-refractivity contribution in [2.45, 2.75) is 0 Å². The first-order valence-corrected chi connectivity index (χ1v) is 22.3. The number of nitrogens with zero attached hydrogens (tertiary/aromatic N) is 3. The molecule has 65 heavy (non-hydrogen) atoms. The van der Waals surface area contributed by atoms with Gasteiger partial charge >= 0.3 is 0 Å². The Kier molecular flexibility index (Phi) is 9.50. The fraction of sp³-hybridized carbons (Fsp3) is 0. The molecule has 0 atom stereocenters. The molecular weight excluding hydrogens is 787 g/mol. The second-order valence-corrected chi connectivity index (χ2v) is 16.5. The average molecular weight is 830 g/mol. The number of hydrogen-bond acceptors (Lipinski definition) is 2. The molecular formula is C62H43N3. The van der Waals surface area contributed by atoms with Gasteiger partial charge in [-0.3, -0.25) is 0 Å². The molecule has 1 aromatic heterocycles. The fourth-order valence-corrected chi connectivity index (χ4v) is 9.69. The summed E-state index contributed by atoms with van der Waals surface area (Å²) in [6.07, 6.45) is 0. The predicted molar refractivity (Wildman–Crippen MR) is 273 cm³/mol. The topological polar surface area (TPSA) is 11.4 Å². The molecule has 0 unspecified atom stereocenters. The predicted octanol–water partition coefficient (Wildman–Crippen LogP) is 17.2. The molecule has 0 N–H and O–H groups in total. The molecule has 0 bridgehead atoms. The van der Waals surface area contributed by atoms with Crippen LogP contribution in [0.4, 0.5) is 34.1 Å². The first kappa shape index (κ1) is 38.0. The zero-order valence-electron chi connectivity index (χ0n) is 35.7. The standard InChI is InChI=1S/C62H43N3/c1-5-17-44(18-6-1)46-29-36-52(37-30-46)63(53-38-31-47(32-39-53)45-19-7-2-8-20-45)54-40-33-48(34-41-54)49-35-42-60-57(43-49)61-55-25-13-15-27-58(55)64(50-21-9-3-10-22-50)59-28-16-14-26-56(59)62(61)65(60)51-23-11-4-12-24-51/h1-43H. The number of hydrogen-bond donors (Lipinski definition) is 0. The maximum Gasteiger partial charge on any atom is 0.0641 e. The maximum atomic E-state index is 2.46. The summed E-state index contributed by atoms with van der Waals surface area (Å²) in [4.78, 5) is 4.77. The van der Waals surface area contributed by atoms with Crippen molar-refractivity contribution in [1.29, 1.82) is 0 Å². The van der Waals surface area contributed by atoms with Crippen LogP contribution in [0, 0.1) is 0 Å². The third-order valence-corrected chi connectivity index (χ3v) is 12.7. The van der Waals surface area contributed by atoms with Crippen LogP contribution >= 0.6 is 0 Å². The van der Waals surface area contributed by atoms with E-state index in [4.69, 9.17) is 0 Å². The Labute approximate surface area is 380 Å². The first-order chi connectivity index (χ1) is 32.3. The minimum atomic E-state index is 1.09. The molecule has 11 aromatic rings. The smallest absolute Gasteiger partial charge is 0.0641 e. The van der Waals surface area contributed by atoms with E-state index in [0.717, 1.165) is 50.9 Å². The zero-order valence-corrected chi connectivity index (χ0v) is 35.7. The van der Waals surface area contributed by atoms with Gasteiger partial charge in [-0.1, -0.05) is 176 Å². The third-order valence-electron chi connectivity index (χ3n) is 12.7. The highest BCUT2D eigenvalue weighted by molar-refractivity contribution is 6.13. The van der Waals surface area contributed by atoms with Crippen molar-refractivity contribution in [3.63, 3.8) is 0 Å². The van der Waals surface area contributed by atoms with Crippen LogP contribution in [-0.2, 0) is 0 Å². The summed E-state index contributed by atoms with van der Waals surface area (Å²) in [5, 5.41) is 1.21. The molecule has 1 aliphatic heterocycles. The maximum absolute atomic E-state index is 2.46. The molecule has 3 heteroatoms. The number of benzene rings is 10. The summed E-state index contributed by atoms with van der Waals surface area (Å²) in [6, 6.07) is 94.3. The largest absolute Gasteiger partial charge is 0.311 e. The van der Waals surface area contributed by atoms with Gasteiger partial charge in [-0.05, 0) is 118 Å². The summed E-state index contributed by atoms with van der Waals surface area (Å²) in [6.45, 7) is 0. The van der Waals surface area contributed by atoms with Gasteiger partial charge in [0.05, 0.1) is 22.6 Å². The van der Waals surface area contributed by atoms with E-state index < -0.39 is 0 Å². The number of fused-ring (bicyclic) bond motifs is 7. The summed E-state index contributed by atoms with van der Waals surface area (Å²) in [7, 11) is 0. The molecule has 0 fully saturated rings. The van der Waals surface area contributed by atoms with E-state index in [0.29, 0.717) is 0 Å². The molecule has 12 rings (SSSR count). The Morgan fingerprint density at radius 2 is 0.677 bits per heavy atom. The van der Waals surface area contributed by atoms with Crippen molar-refractivity contribution in [1.82, 2.24) is 4.57 Å². The van der Waals surface area contributed by atoms with Crippen molar-refractivity contribution >= 4 is 45.0 Å². The molecule has 0 aliphatic carbocycles. The molecule has 0 saturated heterocycles. The Balaban J connectivity index is 1.00. The van der Waals surface area contributed by atoms with Crippen LogP contribution in [-0.4, -0.2) is 4.57 Å². The van der Waals surface area contributed by atoms with Crippen LogP contribution < -0.4 is 9.80 Å². The van der Waals surface area contributed by atoms with Gasteiger partial charge in [0.1, 0.15) is 0 Å². The third kappa shape index (κ3) is 6.78. The van der Waals surface area contributed by atoms with Crippen molar-refractivity contribution in [2.75, 3.05) is 9.80 Å². The first-order valence-electron chi connectivity index (χ1n) is 22.3. The fourth-order valence-electron chi connectivity index (χ4n) is 9.69. The van der Waals surface area contributed by atoms with Gasteiger partial charge in [0, 0.05) is 50.5 Å². The van der Waals surface area contributed by atoms with Crippen molar-refractivity contribution in [3.8, 4) is 61.5 Å². The van der Waals surface area contributed by atoms with E-state index in [9.17, 15) is 0 Å². The van der Waals surface area contributed by atoms with Crippen molar-refractivity contribution in [2.24, 2.45) is 0 Å². The molecule has 0 amide bonds. The monoisotopic (exact) mass is 829 g/mol. The second-order valence-electron chi connectivity index (χ2n) is 16.5. The highest BCUT2D eigenvalue weighted by Gasteiger charge is 2.31. The second kappa shape index (κ2) is 16.2. The lowest BCUT2D eigenvalue weighted by Gasteiger charge is -2.27. The summed E-state index contributed by atoms with van der Waals surface area (Å²) in [5.41, 5.74) is 20.9. The highest BCUT2D eigenvalue weighted by atomic mass is 15.2. The van der Waals surface area contributed by atoms with E-state index in [-0.39, 0.29) is 0 Å². The summed E-state index contributed by atoms with van der Waals surface area (Å²) in [5.74, 6) is 0. The van der Waals surface area contributed by atoms with Gasteiger partial charge in [0.15, 0.2) is 0 Å². The SMILES string of the molecule is c1ccc(-c2ccc(N(c3ccc(-c4ccccc4)cc3)c3ccc(-c4ccc5c(c4)c4c(n5-c5ccccc5)-c5ccccc5N(c5ccccc5)c5ccccc5-4)cc3)cc2)cc1. The number of anilines is 6. The van der Waals surface area contributed by atoms with Crippen LogP contribution in [0.3, 0.4) is 0 Å². The van der Waals surface area contributed by atoms with Gasteiger partial charge in [0.2, 0.25) is 0 Å². The van der Waals surface area contributed by atoms with Crippen LogP contribution in [0.15, 0.2) is 261 Å². The number of rotatable bonds is 8. The lowest BCUT2D eigenvalue weighted by atomic mass is 9.96.